The Morgan fingerprint density at radius 2 is 1.87 bits per heavy atom. The number of nitrogens with one attached hydrogen (secondary N) is 2. The number of fused-ring (bicyclic) bond motifs is 1. The highest BCUT2D eigenvalue weighted by Crippen LogP contribution is 2.38. The maximum Gasteiger partial charge on any atom is 0.321 e. The van der Waals surface area contributed by atoms with Crippen LogP contribution >= 0.6 is 11.3 Å². The van der Waals surface area contributed by atoms with E-state index in [1.165, 1.54) is 11.3 Å². The van der Waals surface area contributed by atoms with Gasteiger partial charge in [0.2, 0.25) is 5.95 Å². The molecular formula is C26H28N8O3S. The Morgan fingerprint density at radius 1 is 1.13 bits per heavy atom. The number of rotatable bonds is 6. The number of hydrogen-bond acceptors (Lipinski definition) is 9. The Morgan fingerprint density at radius 3 is 2.53 bits per heavy atom. The summed E-state index contributed by atoms with van der Waals surface area (Å²) in [5, 5.41) is 15.5. The molecule has 1 aliphatic heterocycles. The number of aliphatic carboxylic acids is 1. The molecule has 0 bridgehead atoms. The molecule has 0 radical (unpaired) electrons. The number of nitrogen functional groups attached to an aromatic ring is 1. The lowest BCUT2D eigenvalue weighted by Gasteiger charge is -2.36. The van der Waals surface area contributed by atoms with E-state index in [-0.39, 0.29) is 6.03 Å². The molecule has 0 saturated carbocycles. The van der Waals surface area contributed by atoms with E-state index < -0.39 is 11.4 Å². The number of carbonyl (C=O) groups excluding carboxylic acids is 1. The summed E-state index contributed by atoms with van der Waals surface area (Å²) in [4.78, 5) is 44.0. The molecule has 196 valence electrons. The summed E-state index contributed by atoms with van der Waals surface area (Å²) in [5.74, 6) is 0.210. The van der Waals surface area contributed by atoms with Crippen molar-refractivity contribution in [3.8, 4) is 22.4 Å². The first-order valence-electron chi connectivity index (χ1n) is 12.3. The third-order valence-corrected chi connectivity index (χ3v) is 7.75. The highest BCUT2D eigenvalue weighted by molar-refractivity contribution is 7.22. The van der Waals surface area contributed by atoms with Crippen LogP contribution in [0.4, 0.5) is 21.7 Å². The van der Waals surface area contributed by atoms with Crippen molar-refractivity contribution in [1.29, 1.82) is 0 Å². The van der Waals surface area contributed by atoms with Crippen molar-refractivity contribution in [3.63, 3.8) is 0 Å². The predicted octanol–water partition coefficient (Wildman–Crippen LogP) is 4.23. The second-order valence-corrected chi connectivity index (χ2v) is 10.4. The van der Waals surface area contributed by atoms with Gasteiger partial charge in [0.05, 0.1) is 21.3 Å². The predicted molar refractivity (Wildman–Crippen MR) is 148 cm³/mol. The van der Waals surface area contributed by atoms with Gasteiger partial charge in [0.25, 0.3) is 0 Å². The topological polar surface area (TPSA) is 159 Å². The Balaban J connectivity index is 1.48. The first-order chi connectivity index (χ1) is 18.3. The molecule has 5 rings (SSSR count). The molecule has 1 aromatic carbocycles. The zero-order valence-electron chi connectivity index (χ0n) is 21.1. The first kappa shape index (κ1) is 25.3. The minimum absolute atomic E-state index is 0.319. The van der Waals surface area contributed by atoms with E-state index in [0.29, 0.717) is 60.6 Å². The number of benzene rings is 1. The second-order valence-electron chi connectivity index (χ2n) is 9.45. The van der Waals surface area contributed by atoms with Crippen LogP contribution < -0.4 is 21.3 Å². The molecule has 4 aromatic rings. The summed E-state index contributed by atoms with van der Waals surface area (Å²) in [7, 11) is 0. The largest absolute Gasteiger partial charge is 0.481 e. The molecule has 1 fully saturated rings. The molecule has 1 saturated heterocycles. The Bertz CT molecular complexity index is 1500. The fourth-order valence-electron chi connectivity index (χ4n) is 4.39. The minimum Gasteiger partial charge on any atom is -0.481 e. The second kappa shape index (κ2) is 10.2. The van der Waals surface area contributed by atoms with Gasteiger partial charge in [0, 0.05) is 43.2 Å². The quantitative estimate of drug-likeness (QED) is 0.285. The van der Waals surface area contributed by atoms with E-state index >= 15 is 0 Å². The van der Waals surface area contributed by atoms with Crippen LogP contribution in [0, 0.1) is 5.41 Å². The smallest absolute Gasteiger partial charge is 0.321 e. The van der Waals surface area contributed by atoms with Gasteiger partial charge in [-0.1, -0.05) is 17.4 Å². The zero-order chi connectivity index (χ0) is 26.9. The Hall–Kier alpha value is -4.32. The minimum atomic E-state index is -0.763. The average molecular weight is 533 g/mol. The monoisotopic (exact) mass is 532 g/mol. The molecule has 12 heteroatoms. The van der Waals surface area contributed by atoms with E-state index in [2.05, 4.69) is 30.6 Å². The molecule has 5 N–H and O–H groups in total. The normalized spacial score (nSPS) is 14.8. The van der Waals surface area contributed by atoms with Crippen molar-refractivity contribution in [2.45, 2.75) is 26.7 Å². The van der Waals surface area contributed by atoms with Gasteiger partial charge in [-0.15, -0.1) is 0 Å². The van der Waals surface area contributed by atoms with Gasteiger partial charge in [-0.3, -0.25) is 10.1 Å². The van der Waals surface area contributed by atoms with Crippen LogP contribution in [0.5, 0.6) is 0 Å². The van der Waals surface area contributed by atoms with Gasteiger partial charge in [-0.05, 0) is 56.5 Å². The fraction of sp³-hybridized carbons (Fsp3) is 0.308. The fourth-order valence-corrected chi connectivity index (χ4v) is 5.36. The van der Waals surface area contributed by atoms with Crippen molar-refractivity contribution in [3.05, 3.63) is 42.7 Å². The molecule has 2 amide bonds. The lowest BCUT2D eigenvalue weighted by molar-refractivity contribution is -0.149. The Kier molecular flexibility index (Phi) is 6.81. The van der Waals surface area contributed by atoms with E-state index in [4.69, 9.17) is 5.73 Å². The molecule has 3 aromatic heterocycles. The number of urea groups is 1. The van der Waals surface area contributed by atoms with Gasteiger partial charge in [0.1, 0.15) is 5.82 Å². The van der Waals surface area contributed by atoms with Gasteiger partial charge < -0.3 is 21.1 Å². The van der Waals surface area contributed by atoms with Crippen molar-refractivity contribution in [2.24, 2.45) is 5.41 Å². The van der Waals surface area contributed by atoms with E-state index in [1.54, 1.807) is 25.4 Å². The van der Waals surface area contributed by atoms with Crippen molar-refractivity contribution in [2.75, 3.05) is 35.6 Å². The molecule has 1 aliphatic rings. The maximum absolute atomic E-state index is 12.1. The van der Waals surface area contributed by atoms with Crippen LogP contribution in [-0.2, 0) is 4.79 Å². The number of thiazole rings is 1. The van der Waals surface area contributed by atoms with Gasteiger partial charge in [-0.25, -0.2) is 24.7 Å². The molecule has 0 spiro atoms. The summed E-state index contributed by atoms with van der Waals surface area (Å²) in [6, 6.07) is 9.06. The van der Waals surface area contributed by atoms with Crippen LogP contribution in [0.1, 0.15) is 26.7 Å². The van der Waals surface area contributed by atoms with Crippen LogP contribution in [0.15, 0.2) is 42.7 Å². The van der Waals surface area contributed by atoms with E-state index in [9.17, 15) is 14.7 Å². The maximum atomic E-state index is 12.1. The standard InChI is InChI=1S/C26H28N8O3S/c1-3-28-24(37)33-25-32-19-12-15(11-17(21(19)38-25)18-5-4-6-20(27)31-18)16-13-29-23(30-14-16)34-9-7-26(2,8-10-34)22(35)36/h4-6,11-14H,3,7-10H2,1-2H3,(H2,27,31)(H,35,36)(H2,28,32,33,37). The zero-order valence-corrected chi connectivity index (χ0v) is 21.9. The summed E-state index contributed by atoms with van der Waals surface area (Å²) in [6.07, 6.45) is 4.59. The van der Waals surface area contributed by atoms with Gasteiger partial charge in [0.15, 0.2) is 5.13 Å². The van der Waals surface area contributed by atoms with Crippen molar-refractivity contribution < 1.29 is 14.7 Å². The number of piperidine rings is 1. The molecule has 4 heterocycles. The van der Waals surface area contributed by atoms with Crippen LogP contribution in [0.3, 0.4) is 0 Å². The number of anilines is 3. The Labute approximate surface area is 223 Å². The van der Waals surface area contributed by atoms with E-state index in [1.807, 2.05) is 36.1 Å². The summed E-state index contributed by atoms with van der Waals surface area (Å²) in [5.41, 5.74) is 9.12. The van der Waals surface area contributed by atoms with Crippen LogP contribution in [-0.4, -0.2) is 56.7 Å². The first-order valence-corrected chi connectivity index (χ1v) is 13.1. The number of carboxylic acids is 1. The number of hydrogen-bond donors (Lipinski definition) is 4. The number of carbonyl (C=O) groups is 2. The highest BCUT2D eigenvalue weighted by Gasteiger charge is 2.37. The molecule has 0 aliphatic carbocycles. The third kappa shape index (κ3) is 5.07. The number of carboxylic acid groups (broad SMARTS) is 1. The van der Waals surface area contributed by atoms with E-state index in [0.717, 1.165) is 21.4 Å². The van der Waals surface area contributed by atoms with Gasteiger partial charge >= 0.3 is 12.0 Å². The summed E-state index contributed by atoms with van der Waals surface area (Å²) >= 11 is 1.36. The lowest BCUT2D eigenvalue weighted by Crippen LogP contribution is -2.43. The number of pyridine rings is 1. The summed E-state index contributed by atoms with van der Waals surface area (Å²) in [6.45, 7) is 5.30. The molecular weight excluding hydrogens is 504 g/mol. The van der Waals surface area contributed by atoms with Crippen LogP contribution in [0.2, 0.25) is 0 Å². The summed E-state index contributed by atoms with van der Waals surface area (Å²) < 4.78 is 0.867. The molecule has 0 atom stereocenters. The number of nitrogens with two attached hydrogens (primary N) is 1. The van der Waals surface area contributed by atoms with Crippen LogP contribution in [0.25, 0.3) is 32.6 Å². The van der Waals surface area contributed by atoms with Gasteiger partial charge in [-0.2, -0.15) is 0 Å². The number of amides is 2. The molecule has 0 unspecified atom stereocenters. The number of aromatic nitrogens is 4. The highest BCUT2D eigenvalue weighted by atomic mass is 32.1. The lowest BCUT2D eigenvalue weighted by atomic mass is 9.80. The molecule has 11 nitrogen and oxygen atoms in total. The third-order valence-electron chi connectivity index (χ3n) is 6.73. The average Bonchev–Trinajstić information content (AvgIpc) is 3.31. The SMILES string of the molecule is CCNC(=O)Nc1nc2cc(-c3cnc(N4CCC(C)(C(=O)O)CC4)nc3)cc(-c3cccc(N)n3)c2s1. The van der Waals surface area contributed by atoms with Crippen molar-refractivity contribution in [1.82, 2.24) is 25.3 Å². The number of nitrogens with zero attached hydrogens (tertiary/aromatic N) is 5. The van der Waals surface area contributed by atoms with Crippen molar-refractivity contribution >= 4 is 50.5 Å². The molecule has 38 heavy (non-hydrogen) atoms.